The van der Waals surface area contributed by atoms with Crippen molar-refractivity contribution in [2.75, 3.05) is 18.2 Å². The number of benzene rings is 1. The largest absolute Gasteiger partial charge is 0.495 e. The van der Waals surface area contributed by atoms with Crippen LogP contribution in [0.15, 0.2) is 22.7 Å². The molecule has 0 saturated carbocycles. The summed E-state index contributed by atoms with van der Waals surface area (Å²) in [4.78, 5) is 15.8. The minimum atomic E-state index is -0.148. The summed E-state index contributed by atoms with van der Waals surface area (Å²) in [6, 6.07) is 5.07. The number of carbonyl (C=O) groups is 1. The Morgan fingerprint density at radius 2 is 2.30 bits per heavy atom. The molecular weight excluding hydrogens is 260 g/mol. The highest BCUT2D eigenvalue weighted by Crippen LogP contribution is 2.24. The summed E-state index contributed by atoms with van der Waals surface area (Å²) in [5, 5.41) is 6.41. The van der Waals surface area contributed by atoms with E-state index in [9.17, 15) is 4.79 Å². The molecule has 2 rings (SSSR count). The Morgan fingerprint density at radius 1 is 1.50 bits per heavy atom. The smallest absolute Gasteiger partial charge is 0.227 e. The van der Waals surface area contributed by atoms with Crippen LogP contribution >= 0.6 is 0 Å². The van der Waals surface area contributed by atoms with Gasteiger partial charge < -0.3 is 20.3 Å². The first-order valence-corrected chi connectivity index (χ1v) is 6.11. The van der Waals surface area contributed by atoms with Crippen LogP contribution < -0.4 is 15.8 Å². The van der Waals surface area contributed by atoms with Gasteiger partial charge in [0.1, 0.15) is 5.75 Å². The second-order valence-corrected chi connectivity index (χ2v) is 4.24. The van der Waals surface area contributed by atoms with E-state index in [2.05, 4.69) is 15.5 Å². The molecule has 20 heavy (non-hydrogen) atoms. The standard InChI is InChI=1S/C13H16N4O3/c1-8-15-13(20-17-8)6-5-12(18)16-9-3-4-11(19-2)10(14)7-9/h3-4,7H,5-6,14H2,1-2H3,(H,16,18). The molecule has 1 aromatic carbocycles. The summed E-state index contributed by atoms with van der Waals surface area (Å²) < 4.78 is 9.98. The van der Waals surface area contributed by atoms with Crippen LogP contribution in [-0.4, -0.2) is 23.2 Å². The van der Waals surface area contributed by atoms with Crippen molar-refractivity contribution < 1.29 is 14.1 Å². The number of aryl methyl sites for hydroxylation is 2. The van der Waals surface area contributed by atoms with Crippen LogP contribution in [0.3, 0.4) is 0 Å². The van der Waals surface area contributed by atoms with E-state index in [0.29, 0.717) is 35.3 Å². The van der Waals surface area contributed by atoms with Gasteiger partial charge in [0, 0.05) is 18.5 Å². The number of amides is 1. The molecular formula is C13H16N4O3. The van der Waals surface area contributed by atoms with E-state index in [1.165, 1.54) is 7.11 Å². The molecule has 0 aliphatic heterocycles. The fourth-order valence-electron chi connectivity index (χ4n) is 1.70. The highest BCUT2D eigenvalue weighted by molar-refractivity contribution is 5.91. The third-order valence-corrected chi connectivity index (χ3v) is 2.65. The van der Waals surface area contributed by atoms with E-state index < -0.39 is 0 Å². The molecule has 106 valence electrons. The van der Waals surface area contributed by atoms with Crippen LogP contribution in [0.2, 0.25) is 0 Å². The number of carbonyl (C=O) groups excluding carboxylic acids is 1. The Morgan fingerprint density at radius 3 is 2.90 bits per heavy atom. The van der Waals surface area contributed by atoms with Gasteiger partial charge in [-0.1, -0.05) is 5.16 Å². The number of aromatic nitrogens is 2. The van der Waals surface area contributed by atoms with Crippen LogP contribution in [-0.2, 0) is 11.2 Å². The van der Waals surface area contributed by atoms with Crippen LogP contribution in [0.4, 0.5) is 11.4 Å². The number of nitrogens with two attached hydrogens (primary N) is 1. The van der Waals surface area contributed by atoms with Crippen LogP contribution in [0, 0.1) is 6.92 Å². The third kappa shape index (κ3) is 3.47. The first kappa shape index (κ1) is 13.9. The summed E-state index contributed by atoms with van der Waals surface area (Å²) in [5.74, 6) is 1.44. The number of hydrogen-bond donors (Lipinski definition) is 2. The average Bonchev–Trinajstić information content (AvgIpc) is 2.82. The van der Waals surface area contributed by atoms with Gasteiger partial charge in [-0.25, -0.2) is 0 Å². The molecule has 7 heteroatoms. The summed E-state index contributed by atoms with van der Waals surface area (Å²) in [7, 11) is 1.54. The third-order valence-electron chi connectivity index (χ3n) is 2.65. The number of nitrogens with zero attached hydrogens (tertiary/aromatic N) is 2. The molecule has 1 aromatic heterocycles. The lowest BCUT2D eigenvalue weighted by molar-refractivity contribution is -0.116. The zero-order valence-corrected chi connectivity index (χ0v) is 11.3. The number of nitrogens with one attached hydrogen (secondary N) is 1. The van der Waals surface area contributed by atoms with Crippen LogP contribution in [0.5, 0.6) is 5.75 Å². The zero-order chi connectivity index (χ0) is 14.5. The number of nitrogen functional groups attached to an aromatic ring is 1. The van der Waals surface area contributed by atoms with Crippen molar-refractivity contribution in [2.24, 2.45) is 0 Å². The summed E-state index contributed by atoms with van der Waals surface area (Å²) in [6.45, 7) is 1.73. The minimum Gasteiger partial charge on any atom is -0.495 e. The highest BCUT2D eigenvalue weighted by atomic mass is 16.5. The van der Waals surface area contributed by atoms with Gasteiger partial charge in [-0.05, 0) is 25.1 Å². The fraction of sp³-hybridized carbons (Fsp3) is 0.308. The Kier molecular flexibility index (Phi) is 4.19. The lowest BCUT2D eigenvalue weighted by Gasteiger charge is -2.08. The summed E-state index contributed by atoms with van der Waals surface area (Å²) in [6.07, 6.45) is 0.659. The van der Waals surface area contributed by atoms with Gasteiger partial charge in [-0.2, -0.15) is 4.98 Å². The van der Waals surface area contributed by atoms with Gasteiger partial charge >= 0.3 is 0 Å². The Balaban J connectivity index is 1.89. The number of methoxy groups -OCH3 is 1. The molecule has 0 fully saturated rings. The molecule has 0 saturated heterocycles. The number of ether oxygens (including phenoxy) is 1. The van der Waals surface area contributed by atoms with E-state index in [0.717, 1.165) is 0 Å². The van der Waals surface area contributed by atoms with Gasteiger partial charge in [-0.15, -0.1) is 0 Å². The average molecular weight is 276 g/mol. The predicted octanol–water partition coefficient (Wildman–Crippen LogP) is 1.54. The van der Waals surface area contributed by atoms with Gasteiger partial charge in [0.2, 0.25) is 11.8 Å². The first-order valence-electron chi connectivity index (χ1n) is 6.11. The second kappa shape index (κ2) is 6.05. The van der Waals surface area contributed by atoms with Crippen molar-refractivity contribution in [3.05, 3.63) is 29.9 Å². The van der Waals surface area contributed by atoms with Crippen molar-refractivity contribution in [3.63, 3.8) is 0 Å². The molecule has 0 atom stereocenters. The Labute approximate surface area is 116 Å². The van der Waals surface area contributed by atoms with E-state index in [1.807, 2.05) is 0 Å². The molecule has 1 heterocycles. The fourth-order valence-corrected chi connectivity index (χ4v) is 1.70. The van der Waals surface area contributed by atoms with Crippen LogP contribution in [0.25, 0.3) is 0 Å². The molecule has 7 nitrogen and oxygen atoms in total. The van der Waals surface area contributed by atoms with Crippen LogP contribution in [0.1, 0.15) is 18.1 Å². The van der Waals surface area contributed by atoms with Crippen molar-refractivity contribution in [3.8, 4) is 5.75 Å². The number of rotatable bonds is 5. The molecule has 2 aromatic rings. The van der Waals surface area contributed by atoms with Crippen molar-refractivity contribution in [1.82, 2.24) is 10.1 Å². The maximum absolute atomic E-state index is 11.8. The van der Waals surface area contributed by atoms with Crippen molar-refractivity contribution in [2.45, 2.75) is 19.8 Å². The van der Waals surface area contributed by atoms with Crippen molar-refractivity contribution >= 4 is 17.3 Å². The Hall–Kier alpha value is -2.57. The first-order chi connectivity index (χ1) is 9.58. The molecule has 0 spiro atoms. The quantitative estimate of drug-likeness (QED) is 0.803. The van der Waals surface area contributed by atoms with Crippen molar-refractivity contribution in [1.29, 1.82) is 0 Å². The second-order valence-electron chi connectivity index (χ2n) is 4.24. The monoisotopic (exact) mass is 276 g/mol. The topological polar surface area (TPSA) is 103 Å². The van der Waals surface area contributed by atoms with Gasteiger partial charge in [-0.3, -0.25) is 4.79 Å². The van der Waals surface area contributed by atoms with E-state index in [-0.39, 0.29) is 12.3 Å². The summed E-state index contributed by atoms with van der Waals surface area (Å²) in [5.41, 5.74) is 6.86. The molecule has 3 N–H and O–H groups in total. The molecule has 0 bridgehead atoms. The SMILES string of the molecule is COc1ccc(NC(=O)CCc2nc(C)no2)cc1N. The zero-order valence-electron chi connectivity index (χ0n) is 11.3. The lowest BCUT2D eigenvalue weighted by atomic mass is 10.2. The lowest BCUT2D eigenvalue weighted by Crippen LogP contribution is -2.12. The highest BCUT2D eigenvalue weighted by Gasteiger charge is 2.08. The van der Waals surface area contributed by atoms with E-state index >= 15 is 0 Å². The number of hydrogen-bond acceptors (Lipinski definition) is 6. The molecule has 0 aliphatic carbocycles. The van der Waals surface area contributed by atoms with E-state index in [4.69, 9.17) is 15.0 Å². The Bertz CT molecular complexity index is 609. The van der Waals surface area contributed by atoms with Gasteiger partial charge in [0.25, 0.3) is 0 Å². The van der Waals surface area contributed by atoms with Gasteiger partial charge in [0.15, 0.2) is 5.82 Å². The molecule has 1 amide bonds. The summed E-state index contributed by atoms with van der Waals surface area (Å²) >= 11 is 0. The normalized spacial score (nSPS) is 10.3. The predicted molar refractivity (Wildman–Crippen MR) is 73.4 cm³/mol. The molecule has 0 radical (unpaired) electrons. The van der Waals surface area contributed by atoms with E-state index in [1.54, 1.807) is 25.1 Å². The maximum atomic E-state index is 11.8. The minimum absolute atomic E-state index is 0.148. The molecule has 0 unspecified atom stereocenters. The maximum Gasteiger partial charge on any atom is 0.227 e. The molecule has 0 aliphatic rings. The number of anilines is 2. The van der Waals surface area contributed by atoms with Gasteiger partial charge in [0.05, 0.1) is 12.8 Å².